The third-order valence-electron chi connectivity index (χ3n) is 6.78. The summed E-state index contributed by atoms with van der Waals surface area (Å²) in [6.45, 7) is 1.57. The molecule has 2 amide bonds. The Hall–Kier alpha value is -2.94. The molecule has 194 valence electrons. The van der Waals surface area contributed by atoms with Gasteiger partial charge < -0.3 is 19.3 Å². The maximum absolute atomic E-state index is 13.8. The summed E-state index contributed by atoms with van der Waals surface area (Å²) in [5.41, 5.74) is 1.39. The van der Waals surface area contributed by atoms with Crippen LogP contribution in [0.25, 0.3) is 0 Å². The maximum Gasteiger partial charge on any atom is 0.255 e. The van der Waals surface area contributed by atoms with Crippen molar-refractivity contribution in [2.45, 2.75) is 31.4 Å². The van der Waals surface area contributed by atoms with Crippen LogP contribution in [0, 0.1) is 5.82 Å². The Morgan fingerprint density at radius 2 is 2.05 bits per heavy atom. The van der Waals surface area contributed by atoms with E-state index in [2.05, 4.69) is 0 Å². The van der Waals surface area contributed by atoms with Crippen molar-refractivity contribution < 1.29 is 23.5 Å². The van der Waals surface area contributed by atoms with E-state index in [1.165, 1.54) is 17.0 Å². The lowest BCUT2D eigenvalue weighted by atomic mass is 10.00. The number of ether oxygens (including phenoxy) is 2. The normalized spacial score (nSPS) is 18.9. The minimum Gasteiger partial charge on any atom is -0.491 e. The van der Waals surface area contributed by atoms with Gasteiger partial charge in [0.15, 0.2) is 0 Å². The van der Waals surface area contributed by atoms with Crippen LogP contribution in [0.4, 0.5) is 4.39 Å². The smallest absolute Gasteiger partial charge is 0.255 e. The lowest BCUT2D eigenvalue weighted by Gasteiger charge is -2.37. The van der Waals surface area contributed by atoms with Crippen molar-refractivity contribution in [3.63, 3.8) is 0 Å². The molecule has 0 saturated carbocycles. The molecule has 0 aliphatic carbocycles. The van der Waals surface area contributed by atoms with Crippen LogP contribution >= 0.6 is 22.9 Å². The molecule has 37 heavy (non-hydrogen) atoms. The average Bonchev–Trinajstić information content (AvgIpc) is 3.59. The molecule has 1 fully saturated rings. The first-order chi connectivity index (χ1) is 18.0. The van der Waals surface area contributed by atoms with E-state index < -0.39 is 0 Å². The first-order valence-corrected chi connectivity index (χ1v) is 13.6. The van der Waals surface area contributed by atoms with E-state index in [1.54, 1.807) is 57.5 Å². The zero-order chi connectivity index (χ0) is 25.8. The van der Waals surface area contributed by atoms with Crippen LogP contribution in [0.5, 0.6) is 5.75 Å². The second kappa shape index (κ2) is 11.6. The molecule has 3 aromatic rings. The fraction of sp³-hybridized carbons (Fsp3) is 0.357. The number of carbonyl (C=O) groups excluding carboxylic acids is 2. The number of halogens is 2. The molecule has 2 aromatic carbocycles. The molecule has 0 bridgehead atoms. The summed E-state index contributed by atoms with van der Waals surface area (Å²) in [7, 11) is 0. The molecule has 2 aliphatic rings. The molecule has 0 spiro atoms. The van der Waals surface area contributed by atoms with Gasteiger partial charge in [-0.2, -0.15) is 0 Å². The minimum absolute atomic E-state index is 0.0974. The number of thiophene rings is 1. The van der Waals surface area contributed by atoms with Gasteiger partial charge in [0.25, 0.3) is 5.91 Å². The quantitative estimate of drug-likeness (QED) is 0.384. The second-order valence-electron chi connectivity index (χ2n) is 9.22. The Morgan fingerprint density at radius 3 is 2.84 bits per heavy atom. The molecular weight excluding hydrogens is 515 g/mol. The van der Waals surface area contributed by atoms with Crippen LogP contribution in [0.1, 0.15) is 39.7 Å². The SMILES string of the molecule is O=C(c1ccccc1Cl)N(CC(=O)N1CCc2sccc2C1COc1cccc(F)c1)CC1CCCO1. The van der Waals surface area contributed by atoms with Crippen molar-refractivity contribution in [2.24, 2.45) is 0 Å². The van der Waals surface area contributed by atoms with Gasteiger partial charge >= 0.3 is 0 Å². The highest BCUT2D eigenvalue weighted by Gasteiger charge is 2.34. The van der Waals surface area contributed by atoms with E-state index in [4.69, 9.17) is 21.1 Å². The number of hydrogen-bond donors (Lipinski definition) is 0. The maximum atomic E-state index is 13.8. The van der Waals surface area contributed by atoms with Crippen molar-refractivity contribution in [1.29, 1.82) is 0 Å². The molecule has 2 atom stereocenters. The standard InChI is InChI=1S/C28H28ClFN2O4S/c29-24-9-2-1-8-22(24)28(34)31(16-21-7-4-13-35-21)17-27(33)32-12-10-26-23(11-14-37-26)25(32)18-36-20-6-3-5-19(30)15-20/h1-3,5-6,8-9,11,14-15,21,25H,4,7,10,12-13,16-18H2. The molecule has 3 heterocycles. The van der Waals surface area contributed by atoms with E-state index in [9.17, 15) is 14.0 Å². The molecule has 5 rings (SSSR count). The predicted molar refractivity (Wildman–Crippen MR) is 141 cm³/mol. The summed E-state index contributed by atoms with van der Waals surface area (Å²) in [6.07, 6.45) is 2.39. The van der Waals surface area contributed by atoms with Gasteiger partial charge in [0.05, 0.1) is 22.7 Å². The van der Waals surface area contributed by atoms with Crippen molar-refractivity contribution in [3.05, 3.63) is 86.8 Å². The van der Waals surface area contributed by atoms with Crippen molar-refractivity contribution >= 4 is 34.8 Å². The molecule has 0 N–H and O–H groups in total. The Bertz CT molecular complexity index is 1260. The third-order valence-corrected chi connectivity index (χ3v) is 8.11. The van der Waals surface area contributed by atoms with Gasteiger partial charge in [0.2, 0.25) is 5.91 Å². The number of carbonyl (C=O) groups is 2. The Balaban J connectivity index is 1.36. The van der Waals surface area contributed by atoms with Crippen LogP contribution < -0.4 is 4.74 Å². The Labute approximate surface area is 224 Å². The van der Waals surface area contributed by atoms with Gasteiger partial charge in [-0.05, 0) is 60.5 Å². The summed E-state index contributed by atoms with van der Waals surface area (Å²) < 4.78 is 25.4. The number of fused-ring (bicyclic) bond motifs is 1. The molecule has 6 nitrogen and oxygen atoms in total. The van der Waals surface area contributed by atoms with Gasteiger partial charge in [0.1, 0.15) is 24.7 Å². The summed E-state index contributed by atoms with van der Waals surface area (Å²) in [6, 6.07) is 14.5. The van der Waals surface area contributed by atoms with E-state index >= 15 is 0 Å². The molecule has 1 aromatic heterocycles. The number of benzene rings is 2. The summed E-state index contributed by atoms with van der Waals surface area (Å²) in [4.78, 5) is 31.8. The van der Waals surface area contributed by atoms with Crippen LogP contribution in [0.2, 0.25) is 5.02 Å². The largest absolute Gasteiger partial charge is 0.491 e. The van der Waals surface area contributed by atoms with E-state index in [-0.39, 0.29) is 42.9 Å². The van der Waals surface area contributed by atoms with E-state index in [0.29, 0.717) is 36.0 Å². The molecule has 1 saturated heterocycles. The second-order valence-corrected chi connectivity index (χ2v) is 10.6. The number of nitrogens with zero attached hydrogens (tertiary/aromatic N) is 2. The lowest BCUT2D eigenvalue weighted by Crippen LogP contribution is -2.49. The zero-order valence-electron chi connectivity index (χ0n) is 20.3. The van der Waals surface area contributed by atoms with Gasteiger partial charge in [-0.15, -0.1) is 11.3 Å². The fourth-order valence-electron chi connectivity index (χ4n) is 4.92. The molecule has 9 heteroatoms. The van der Waals surface area contributed by atoms with Gasteiger partial charge in [-0.3, -0.25) is 9.59 Å². The summed E-state index contributed by atoms with van der Waals surface area (Å²) >= 11 is 7.98. The molecule has 2 unspecified atom stereocenters. The Kier molecular flexibility index (Phi) is 8.08. The number of hydrogen-bond acceptors (Lipinski definition) is 5. The molecular formula is C28H28ClFN2O4S. The third kappa shape index (κ3) is 5.98. The van der Waals surface area contributed by atoms with Crippen molar-refractivity contribution in [2.75, 3.05) is 32.8 Å². The van der Waals surface area contributed by atoms with Crippen molar-refractivity contribution in [1.82, 2.24) is 9.80 Å². The topological polar surface area (TPSA) is 59.1 Å². The Morgan fingerprint density at radius 1 is 1.19 bits per heavy atom. The van der Waals surface area contributed by atoms with Gasteiger partial charge in [-0.25, -0.2) is 4.39 Å². The van der Waals surface area contributed by atoms with Crippen LogP contribution in [0.3, 0.4) is 0 Å². The lowest BCUT2D eigenvalue weighted by molar-refractivity contribution is -0.135. The zero-order valence-corrected chi connectivity index (χ0v) is 21.8. The van der Waals surface area contributed by atoms with Crippen LogP contribution in [-0.2, 0) is 16.0 Å². The fourth-order valence-corrected chi connectivity index (χ4v) is 6.06. The number of rotatable bonds is 8. The van der Waals surface area contributed by atoms with E-state index in [1.807, 2.05) is 11.4 Å². The average molecular weight is 543 g/mol. The van der Waals surface area contributed by atoms with Crippen LogP contribution in [-0.4, -0.2) is 60.6 Å². The summed E-state index contributed by atoms with van der Waals surface area (Å²) in [5, 5.41) is 2.36. The molecule has 2 aliphatic heterocycles. The van der Waals surface area contributed by atoms with Gasteiger partial charge in [0, 0.05) is 30.6 Å². The highest BCUT2D eigenvalue weighted by Crippen LogP contribution is 2.34. The summed E-state index contributed by atoms with van der Waals surface area (Å²) in [5.74, 6) is -0.449. The van der Waals surface area contributed by atoms with Crippen molar-refractivity contribution in [3.8, 4) is 5.75 Å². The highest BCUT2D eigenvalue weighted by atomic mass is 35.5. The highest BCUT2D eigenvalue weighted by molar-refractivity contribution is 7.10. The molecule has 0 radical (unpaired) electrons. The first kappa shape index (κ1) is 25.7. The first-order valence-electron chi connectivity index (χ1n) is 12.4. The van der Waals surface area contributed by atoms with Crippen LogP contribution in [0.15, 0.2) is 60.0 Å². The number of amides is 2. The monoisotopic (exact) mass is 542 g/mol. The van der Waals surface area contributed by atoms with E-state index in [0.717, 1.165) is 24.8 Å². The predicted octanol–water partition coefficient (Wildman–Crippen LogP) is 5.37. The van der Waals surface area contributed by atoms with Gasteiger partial charge in [-0.1, -0.05) is 29.8 Å². The minimum atomic E-state index is -0.381.